The molecule has 2 unspecified atom stereocenters. The summed E-state index contributed by atoms with van der Waals surface area (Å²) in [5.41, 5.74) is 1.06. The van der Waals surface area contributed by atoms with Crippen molar-refractivity contribution >= 4 is 6.03 Å². The molecule has 2 amide bonds. The van der Waals surface area contributed by atoms with Gasteiger partial charge in [0.1, 0.15) is 0 Å². The summed E-state index contributed by atoms with van der Waals surface area (Å²) in [6.07, 6.45) is 2.08. The molecule has 0 aliphatic carbocycles. The summed E-state index contributed by atoms with van der Waals surface area (Å²) < 4.78 is 11.0. The van der Waals surface area contributed by atoms with Gasteiger partial charge in [0.15, 0.2) is 0 Å². The lowest BCUT2D eigenvalue weighted by Crippen LogP contribution is -2.53. The lowest BCUT2D eigenvalue weighted by Gasteiger charge is -2.38. The zero-order valence-corrected chi connectivity index (χ0v) is 16.9. The maximum absolute atomic E-state index is 12.4. The predicted molar refractivity (Wildman–Crippen MR) is 108 cm³/mol. The van der Waals surface area contributed by atoms with Gasteiger partial charge in [0.05, 0.1) is 19.3 Å². The molecule has 0 spiro atoms. The van der Waals surface area contributed by atoms with Crippen LogP contribution in [-0.2, 0) is 9.47 Å². The molecule has 1 saturated heterocycles. The minimum absolute atomic E-state index is 0.141. The molecule has 1 heterocycles. The molecule has 1 aromatic carbocycles. The Kier molecular flexibility index (Phi) is 9.59. The van der Waals surface area contributed by atoms with Gasteiger partial charge in [-0.15, -0.1) is 0 Å². The average molecular weight is 378 g/mol. The van der Waals surface area contributed by atoms with Crippen molar-refractivity contribution in [2.75, 3.05) is 46.5 Å². The third-order valence-corrected chi connectivity index (χ3v) is 5.48. The third kappa shape index (κ3) is 6.79. The Hall–Kier alpha value is -1.63. The summed E-state index contributed by atoms with van der Waals surface area (Å²) >= 11 is 0. The molecule has 27 heavy (non-hydrogen) atoms. The van der Waals surface area contributed by atoms with E-state index in [1.165, 1.54) is 0 Å². The highest BCUT2D eigenvalue weighted by Crippen LogP contribution is 2.19. The summed E-state index contributed by atoms with van der Waals surface area (Å²) in [7, 11) is 1.67. The van der Waals surface area contributed by atoms with Crippen LogP contribution in [0, 0.1) is 5.92 Å². The summed E-state index contributed by atoms with van der Waals surface area (Å²) in [6.45, 7) is 8.97. The number of ether oxygens (including phenoxy) is 2. The summed E-state index contributed by atoms with van der Waals surface area (Å²) in [4.78, 5) is 14.8. The van der Waals surface area contributed by atoms with Gasteiger partial charge < -0.3 is 20.1 Å². The fourth-order valence-corrected chi connectivity index (χ4v) is 3.79. The number of rotatable bonds is 10. The lowest BCUT2D eigenvalue weighted by atomic mass is 9.92. The number of morpholine rings is 1. The van der Waals surface area contributed by atoms with Crippen LogP contribution in [0.25, 0.3) is 0 Å². The minimum Gasteiger partial charge on any atom is -0.379 e. The standard InChI is InChI=1S/C21H35N3O3/c1-4-17(5-2)19(24-11-13-27-14-12-24)15-22-21(25)23-16-20(26-3)18-9-7-6-8-10-18/h6-10,17,19-20H,4-5,11-16H2,1-3H3,(H2,22,23,25). The van der Waals surface area contributed by atoms with Gasteiger partial charge in [-0.2, -0.15) is 0 Å². The van der Waals surface area contributed by atoms with Crippen LogP contribution >= 0.6 is 0 Å². The van der Waals surface area contributed by atoms with Crippen molar-refractivity contribution in [3.05, 3.63) is 35.9 Å². The Morgan fingerprint density at radius 3 is 2.33 bits per heavy atom. The number of amides is 2. The van der Waals surface area contributed by atoms with Crippen LogP contribution in [-0.4, -0.2) is 63.5 Å². The number of urea groups is 1. The number of carbonyl (C=O) groups excluding carboxylic acids is 1. The Morgan fingerprint density at radius 2 is 1.74 bits per heavy atom. The van der Waals surface area contributed by atoms with Crippen molar-refractivity contribution in [3.8, 4) is 0 Å². The van der Waals surface area contributed by atoms with E-state index in [4.69, 9.17) is 9.47 Å². The van der Waals surface area contributed by atoms with Crippen LogP contribution in [0.3, 0.4) is 0 Å². The van der Waals surface area contributed by atoms with E-state index in [-0.39, 0.29) is 12.1 Å². The molecule has 2 rings (SSSR count). The van der Waals surface area contributed by atoms with E-state index in [0.29, 0.717) is 25.0 Å². The van der Waals surface area contributed by atoms with Crippen molar-refractivity contribution in [3.63, 3.8) is 0 Å². The van der Waals surface area contributed by atoms with Gasteiger partial charge in [0.2, 0.25) is 0 Å². The first-order valence-electron chi connectivity index (χ1n) is 10.1. The van der Waals surface area contributed by atoms with Crippen molar-refractivity contribution in [1.29, 1.82) is 0 Å². The Bertz CT molecular complexity index is 531. The molecule has 6 heteroatoms. The molecule has 1 aliphatic rings. The Morgan fingerprint density at radius 1 is 1.11 bits per heavy atom. The molecular weight excluding hydrogens is 342 g/mol. The second-order valence-electron chi connectivity index (χ2n) is 7.02. The zero-order valence-electron chi connectivity index (χ0n) is 16.9. The van der Waals surface area contributed by atoms with Crippen molar-refractivity contribution < 1.29 is 14.3 Å². The highest BCUT2D eigenvalue weighted by atomic mass is 16.5. The van der Waals surface area contributed by atoms with Crippen LogP contribution < -0.4 is 10.6 Å². The van der Waals surface area contributed by atoms with Crippen LogP contribution in [0.2, 0.25) is 0 Å². The maximum Gasteiger partial charge on any atom is 0.314 e. The number of hydrogen-bond acceptors (Lipinski definition) is 4. The van der Waals surface area contributed by atoms with Crippen molar-refractivity contribution in [2.45, 2.75) is 38.8 Å². The predicted octanol–water partition coefficient (Wildman–Crippen LogP) is 2.81. The van der Waals surface area contributed by atoms with Gasteiger partial charge >= 0.3 is 6.03 Å². The van der Waals surface area contributed by atoms with E-state index in [0.717, 1.165) is 44.7 Å². The van der Waals surface area contributed by atoms with Gasteiger partial charge in [-0.3, -0.25) is 4.90 Å². The van der Waals surface area contributed by atoms with Crippen molar-refractivity contribution in [1.82, 2.24) is 15.5 Å². The molecule has 2 N–H and O–H groups in total. The number of benzene rings is 1. The number of nitrogens with zero attached hydrogens (tertiary/aromatic N) is 1. The highest BCUT2D eigenvalue weighted by molar-refractivity contribution is 5.73. The van der Waals surface area contributed by atoms with E-state index in [1.54, 1.807) is 7.11 Å². The van der Waals surface area contributed by atoms with Crippen LogP contribution in [0.1, 0.15) is 38.4 Å². The lowest BCUT2D eigenvalue weighted by molar-refractivity contribution is 0.00234. The molecule has 2 atom stereocenters. The molecular formula is C21H35N3O3. The largest absolute Gasteiger partial charge is 0.379 e. The van der Waals surface area contributed by atoms with E-state index >= 15 is 0 Å². The first kappa shape index (κ1) is 21.7. The number of nitrogens with one attached hydrogen (secondary N) is 2. The fraction of sp³-hybridized carbons (Fsp3) is 0.667. The van der Waals surface area contributed by atoms with E-state index in [9.17, 15) is 4.79 Å². The van der Waals surface area contributed by atoms with Gasteiger partial charge in [-0.1, -0.05) is 57.0 Å². The topological polar surface area (TPSA) is 62.8 Å². The molecule has 1 aliphatic heterocycles. The summed E-state index contributed by atoms with van der Waals surface area (Å²) in [5, 5.41) is 6.02. The van der Waals surface area contributed by atoms with Gasteiger partial charge in [0.25, 0.3) is 0 Å². The SMILES string of the molecule is CCC(CC)C(CNC(=O)NCC(OC)c1ccccc1)N1CCOCC1. The Balaban J connectivity index is 1.85. The van der Waals surface area contributed by atoms with Gasteiger partial charge in [-0.25, -0.2) is 4.79 Å². The summed E-state index contributed by atoms with van der Waals surface area (Å²) in [5.74, 6) is 0.569. The second-order valence-corrected chi connectivity index (χ2v) is 7.02. The first-order chi connectivity index (χ1) is 13.2. The van der Waals surface area contributed by atoms with E-state index in [2.05, 4.69) is 29.4 Å². The number of hydrogen-bond donors (Lipinski definition) is 2. The summed E-state index contributed by atoms with van der Waals surface area (Å²) in [6, 6.07) is 10.2. The van der Waals surface area contributed by atoms with E-state index < -0.39 is 0 Å². The molecule has 152 valence electrons. The van der Waals surface area contributed by atoms with Gasteiger partial charge in [0, 0.05) is 39.3 Å². The van der Waals surface area contributed by atoms with Crippen LogP contribution in [0.15, 0.2) is 30.3 Å². The molecule has 0 aromatic heterocycles. The molecule has 0 bridgehead atoms. The smallest absolute Gasteiger partial charge is 0.314 e. The fourth-order valence-electron chi connectivity index (χ4n) is 3.79. The zero-order chi connectivity index (χ0) is 19.5. The van der Waals surface area contributed by atoms with E-state index in [1.807, 2.05) is 30.3 Å². The van der Waals surface area contributed by atoms with Crippen LogP contribution in [0.4, 0.5) is 4.79 Å². The molecule has 6 nitrogen and oxygen atoms in total. The molecule has 1 fully saturated rings. The highest BCUT2D eigenvalue weighted by Gasteiger charge is 2.27. The average Bonchev–Trinajstić information content (AvgIpc) is 2.73. The third-order valence-electron chi connectivity index (χ3n) is 5.48. The number of carbonyl (C=O) groups is 1. The monoisotopic (exact) mass is 377 g/mol. The van der Waals surface area contributed by atoms with Gasteiger partial charge in [-0.05, 0) is 11.5 Å². The number of methoxy groups -OCH3 is 1. The maximum atomic E-state index is 12.4. The molecule has 1 aromatic rings. The normalized spacial score (nSPS) is 17.5. The Labute approximate surface area is 163 Å². The first-order valence-corrected chi connectivity index (χ1v) is 10.1. The molecule has 0 saturated carbocycles. The minimum atomic E-state index is -0.147. The van der Waals surface area contributed by atoms with Crippen LogP contribution in [0.5, 0.6) is 0 Å². The van der Waals surface area contributed by atoms with Crippen molar-refractivity contribution in [2.24, 2.45) is 5.92 Å². The second kappa shape index (κ2) is 12.0. The quantitative estimate of drug-likeness (QED) is 0.658. The molecule has 0 radical (unpaired) electrons.